The lowest BCUT2D eigenvalue weighted by Crippen LogP contribution is -2.06. The van der Waals surface area contributed by atoms with Crippen molar-refractivity contribution in [1.29, 1.82) is 0 Å². The molecule has 0 aliphatic heterocycles. The van der Waals surface area contributed by atoms with Gasteiger partial charge in [-0.05, 0) is 85.0 Å². The minimum Gasteiger partial charge on any atom is -0.465 e. The molecule has 33 heavy (non-hydrogen) atoms. The zero-order valence-electron chi connectivity index (χ0n) is 17.8. The number of hydrogen-bond donors (Lipinski definition) is 1. The number of ether oxygens (including phenoxy) is 1. The largest absolute Gasteiger partial charge is 0.465 e. The maximum Gasteiger partial charge on any atom is 0.416 e. The summed E-state index contributed by atoms with van der Waals surface area (Å²) in [5.74, 6) is 0.123. The van der Waals surface area contributed by atoms with Gasteiger partial charge in [0.1, 0.15) is 0 Å². The van der Waals surface area contributed by atoms with Crippen LogP contribution in [0.25, 0.3) is 16.6 Å². The van der Waals surface area contributed by atoms with Gasteiger partial charge in [0.15, 0.2) is 0 Å². The molecular formula is C26H21F3N2O2. The molecule has 0 amide bonds. The summed E-state index contributed by atoms with van der Waals surface area (Å²) in [6.45, 7) is 0. The number of alkyl halides is 3. The second kappa shape index (κ2) is 7.99. The molecule has 4 nitrogen and oxygen atoms in total. The van der Waals surface area contributed by atoms with Gasteiger partial charge in [-0.1, -0.05) is 6.07 Å². The van der Waals surface area contributed by atoms with Crippen LogP contribution in [0.5, 0.6) is 0 Å². The standard InChI is InChI=1S/C26H21F3N2O2/c1-33-25(32)22-15-17(16-2-3-16)4-10-23(22)30-20-7-11-24-18(14-20)12-13-31(24)21-8-5-19(6-9-21)26(27,28)29/h4-16,30H,2-3H2,1H3. The molecule has 168 valence electrons. The van der Waals surface area contributed by atoms with Gasteiger partial charge in [0.25, 0.3) is 0 Å². The second-order valence-electron chi connectivity index (χ2n) is 8.20. The molecule has 1 N–H and O–H groups in total. The van der Waals surface area contributed by atoms with E-state index in [0.29, 0.717) is 22.9 Å². The van der Waals surface area contributed by atoms with Crippen molar-refractivity contribution in [2.75, 3.05) is 12.4 Å². The molecule has 0 bridgehead atoms. The number of fused-ring (bicyclic) bond motifs is 1. The van der Waals surface area contributed by atoms with E-state index in [1.807, 2.05) is 53.2 Å². The van der Waals surface area contributed by atoms with Gasteiger partial charge < -0.3 is 14.6 Å². The molecule has 0 atom stereocenters. The van der Waals surface area contributed by atoms with E-state index in [1.54, 1.807) is 0 Å². The topological polar surface area (TPSA) is 43.3 Å². The molecule has 1 saturated carbocycles. The van der Waals surface area contributed by atoms with E-state index in [9.17, 15) is 18.0 Å². The van der Waals surface area contributed by atoms with Crippen molar-refractivity contribution in [2.45, 2.75) is 24.9 Å². The van der Waals surface area contributed by atoms with Gasteiger partial charge >= 0.3 is 12.1 Å². The smallest absolute Gasteiger partial charge is 0.416 e. The number of nitrogens with one attached hydrogen (secondary N) is 1. The minimum absolute atomic E-state index is 0.394. The lowest BCUT2D eigenvalue weighted by atomic mass is 10.0. The molecule has 1 fully saturated rings. The number of aromatic nitrogens is 1. The fourth-order valence-electron chi connectivity index (χ4n) is 4.03. The lowest BCUT2D eigenvalue weighted by molar-refractivity contribution is -0.137. The van der Waals surface area contributed by atoms with Gasteiger partial charge in [0, 0.05) is 23.0 Å². The molecule has 7 heteroatoms. The zero-order valence-corrected chi connectivity index (χ0v) is 17.8. The predicted octanol–water partition coefficient (Wildman–Crippen LogP) is 7.06. The summed E-state index contributed by atoms with van der Waals surface area (Å²) in [5.41, 5.74) is 3.90. The predicted molar refractivity (Wildman–Crippen MR) is 121 cm³/mol. The van der Waals surface area contributed by atoms with E-state index in [1.165, 1.54) is 19.2 Å². The molecule has 1 aliphatic rings. The van der Waals surface area contributed by atoms with Crippen molar-refractivity contribution in [1.82, 2.24) is 4.57 Å². The van der Waals surface area contributed by atoms with Crippen molar-refractivity contribution in [3.8, 4) is 5.69 Å². The van der Waals surface area contributed by atoms with E-state index >= 15 is 0 Å². The van der Waals surface area contributed by atoms with Gasteiger partial charge in [-0.2, -0.15) is 13.2 Å². The highest BCUT2D eigenvalue weighted by molar-refractivity contribution is 5.97. The number of benzene rings is 3. The van der Waals surface area contributed by atoms with Gasteiger partial charge in [-0.25, -0.2) is 4.79 Å². The number of methoxy groups -OCH3 is 1. The first-order valence-corrected chi connectivity index (χ1v) is 10.6. The van der Waals surface area contributed by atoms with Crippen LogP contribution in [0.2, 0.25) is 0 Å². The first kappa shape index (κ1) is 21.1. The number of esters is 1. The van der Waals surface area contributed by atoms with Crippen LogP contribution in [0, 0.1) is 0 Å². The summed E-state index contributed by atoms with van der Waals surface area (Å²) >= 11 is 0. The Morgan fingerprint density at radius 1 is 1.00 bits per heavy atom. The van der Waals surface area contributed by atoms with Crippen LogP contribution in [0.1, 0.15) is 40.2 Å². The fourth-order valence-corrected chi connectivity index (χ4v) is 4.03. The van der Waals surface area contributed by atoms with Crippen LogP contribution in [0.4, 0.5) is 24.5 Å². The molecule has 0 spiro atoms. The monoisotopic (exact) mass is 450 g/mol. The van der Waals surface area contributed by atoms with Crippen molar-refractivity contribution >= 4 is 28.2 Å². The number of nitrogens with zero attached hydrogens (tertiary/aromatic N) is 1. The molecule has 5 rings (SSSR count). The van der Waals surface area contributed by atoms with E-state index < -0.39 is 17.7 Å². The van der Waals surface area contributed by atoms with Crippen LogP contribution in [0.15, 0.2) is 72.9 Å². The lowest BCUT2D eigenvalue weighted by Gasteiger charge is -2.13. The van der Waals surface area contributed by atoms with E-state index in [4.69, 9.17) is 4.74 Å². The Morgan fingerprint density at radius 2 is 1.76 bits per heavy atom. The third-order valence-electron chi connectivity index (χ3n) is 5.94. The third-order valence-corrected chi connectivity index (χ3v) is 5.94. The number of carbonyl (C=O) groups is 1. The average Bonchev–Trinajstić information content (AvgIpc) is 3.57. The van der Waals surface area contributed by atoms with Crippen LogP contribution < -0.4 is 5.32 Å². The molecule has 0 saturated heterocycles. The summed E-state index contributed by atoms with van der Waals surface area (Å²) in [7, 11) is 1.37. The van der Waals surface area contributed by atoms with Crippen LogP contribution in [0.3, 0.4) is 0 Å². The van der Waals surface area contributed by atoms with Gasteiger partial charge in [0.05, 0.1) is 29.4 Å². The molecule has 1 aromatic heterocycles. The quantitative estimate of drug-likeness (QED) is 0.331. The van der Waals surface area contributed by atoms with Crippen molar-refractivity contribution in [2.24, 2.45) is 0 Å². The number of rotatable bonds is 5. The summed E-state index contributed by atoms with van der Waals surface area (Å²) in [4.78, 5) is 12.3. The van der Waals surface area contributed by atoms with E-state index in [-0.39, 0.29) is 0 Å². The van der Waals surface area contributed by atoms with Crippen molar-refractivity contribution < 1.29 is 22.7 Å². The first-order chi connectivity index (χ1) is 15.8. The summed E-state index contributed by atoms with van der Waals surface area (Å²) in [6.07, 6.45) is -0.265. The van der Waals surface area contributed by atoms with Crippen LogP contribution in [-0.2, 0) is 10.9 Å². The maximum atomic E-state index is 12.9. The maximum absolute atomic E-state index is 12.9. The SMILES string of the molecule is COC(=O)c1cc(C2CC2)ccc1Nc1ccc2c(ccn2-c2ccc(C(F)(F)F)cc2)c1. The number of carbonyl (C=O) groups excluding carboxylic acids is 1. The van der Waals surface area contributed by atoms with Crippen LogP contribution in [-0.4, -0.2) is 17.6 Å². The average molecular weight is 450 g/mol. The van der Waals surface area contributed by atoms with Crippen molar-refractivity contribution in [3.05, 3.63) is 89.6 Å². The number of anilines is 2. The Morgan fingerprint density at radius 3 is 2.42 bits per heavy atom. The Bertz CT molecular complexity index is 1340. The van der Waals surface area contributed by atoms with E-state index in [2.05, 4.69) is 5.32 Å². The Balaban J connectivity index is 1.44. The molecule has 1 aliphatic carbocycles. The van der Waals surface area contributed by atoms with Gasteiger partial charge in [-0.3, -0.25) is 0 Å². The van der Waals surface area contributed by atoms with Crippen molar-refractivity contribution in [3.63, 3.8) is 0 Å². The summed E-state index contributed by atoms with van der Waals surface area (Å²) in [5, 5.41) is 4.22. The van der Waals surface area contributed by atoms with E-state index in [0.717, 1.165) is 47.1 Å². The first-order valence-electron chi connectivity index (χ1n) is 10.6. The zero-order chi connectivity index (χ0) is 23.2. The van der Waals surface area contributed by atoms with Gasteiger partial charge in [-0.15, -0.1) is 0 Å². The fraction of sp³-hybridized carbons (Fsp3) is 0.192. The Labute approximate surface area is 188 Å². The molecule has 0 radical (unpaired) electrons. The number of halogens is 3. The minimum atomic E-state index is -4.36. The molecule has 0 unspecified atom stereocenters. The molecule has 3 aromatic carbocycles. The van der Waals surface area contributed by atoms with Crippen LogP contribution >= 0.6 is 0 Å². The number of hydrogen-bond acceptors (Lipinski definition) is 3. The molecule has 1 heterocycles. The summed E-state index contributed by atoms with van der Waals surface area (Å²) in [6, 6.07) is 18.5. The molecule has 4 aromatic rings. The second-order valence-corrected chi connectivity index (χ2v) is 8.20. The van der Waals surface area contributed by atoms with Gasteiger partial charge in [0.2, 0.25) is 0 Å². The highest BCUT2D eigenvalue weighted by Gasteiger charge is 2.30. The Hall–Kier alpha value is -3.74. The molecular weight excluding hydrogens is 429 g/mol. The summed E-state index contributed by atoms with van der Waals surface area (Å²) < 4.78 is 45.4. The Kier molecular flexibility index (Phi) is 5.12. The normalized spacial score (nSPS) is 13.8. The third kappa shape index (κ3) is 4.18. The highest BCUT2D eigenvalue weighted by Crippen LogP contribution is 2.41. The highest BCUT2D eigenvalue weighted by atomic mass is 19.4.